The van der Waals surface area contributed by atoms with Crippen LogP contribution in [0.2, 0.25) is 0 Å². The molecule has 0 aliphatic heterocycles. The second kappa shape index (κ2) is 31.9. The minimum atomic E-state index is -0.322. The third kappa shape index (κ3) is 13.9. The number of aldehydes is 1. The Morgan fingerprint density at radius 1 is 0.303 bits per heavy atom. The third-order valence-corrected chi connectivity index (χ3v) is 54.1. The van der Waals surface area contributed by atoms with Gasteiger partial charge in [-0.3, -0.25) is 9.59 Å². The molecule has 0 aromatic heterocycles. The van der Waals surface area contributed by atoms with Crippen molar-refractivity contribution < 1.29 is 50.1 Å². The Bertz CT molecular complexity index is 4270. The topological polar surface area (TPSA) is 193 Å². The van der Waals surface area contributed by atoms with Gasteiger partial charge in [-0.25, -0.2) is 0 Å². The molecule has 20 saturated carbocycles. The largest absolute Gasteiger partial charge is 0.396 e. The zero-order chi connectivity index (χ0) is 97.0. The molecule has 20 fully saturated rings. The van der Waals surface area contributed by atoms with Crippen LogP contribution in [0.15, 0.2) is 25.3 Å². The van der Waals surface area contributed by atoms with Crippen molar-refractivity contribution in [2.45, 2.75) is 487 Å². The van der Waals surface area contributed by atoms with E-state index in [-0.39, 0.29) is 162 Å². The highest BCUT2D eigenvalue weighted by Crippen LogP contribution is 2.84. The lowest BCUT2D eigenvalue weighted by Crippen LogP contribution is -2.70. The number of allylic oxidation sites excluding steroid dienone is 2. The molecule has 0 aromatic carbocycles. The molecule has 0 heterocycles. The zero-order valence-electron chi connectivity index (χ0n) is 90.2. The number of Topliss-reactive ketones (excluding diaryl/α,β-unsaturated/α-hetero) is 2. The highest BCUT2D eigenvalue weighted by Gasteiger charge is 2.79. The number of aliphatic hydroxyl groups is 7. The van der Waals surface area contributed by atoms with E-state index in [0.717, 1.165) is 148 Å². The van der Waals surface area contributed by atoms with Crippen LogP contribution in [0.4, 0.5) is 0 Å². The SMILES string of the molecule is C=C[C@]12CCC(C)(C)C[C@H]1[C@H]1C(=O)C[C@@H]3[C@@]4(C)CCC(=O)C(C)(C)[C@@H]4CC[C@@]3(C)[C@]1(C)CC2.C=C[C@]12CCC(C)(C)C[C@H]1[C@H]1[C@H](O)C[C@@H]3[C@@]4(C)CC[C@H](O)C(C)(C)[C@@H]4CC[C@@]3(C)[C@]1(C)CC2.CC1(C)CC[C@]2(C=O)CC[C@]3(C)[C@H]([C@H](O)C[C@@H]4[C@@]5(C)CC[C@H](O)C(C)(C)[C@@H]5CC[C@]43C)[C@@H]2C1.CC1(C)CC[C@]2(CO)CC[C@]3(C)[C@H]([C@H](O)C[C@@H]4[C@@]5(C)CC[C@H](O)C(C)(C)[C@@H]5CC[C@]43C)[C@@H]2C1. The van der Waals surface area contributed by atoms with Crippen molar-refractivity contribution in [2.24, 2.45) is 225 Å². The number of rotatable bonds is 4. The van der Waals surface area contributed by atoms with E-state index in [4.69, 9.17) is 0 Å². The van der Waals surface area contributed by atoms with Crippen molar-refractivity contribution in [3.8, 4) is 0 Å². The number of carbonyl (C=O) groups excluding carboxylic acids is 3. The van der Waals surface area contributed by atoms with E-state index in [2.05, 4.69) is 219 Å². The minimum absolute atomic E-state index is 0.0158. The van der Waals surface area contributed by atoms with Crippen molar-refractivity contribution >= 4 is 17.9 Å². The molecular weight excluding hydrogens is 1630 g/mol. The molecule has 0 saturated heterocycles. The lowest BCUT2D eigenvalue weighted by molar-refractivity contribution is -0.281. The fraction of sp³-hybridized carbons (Fsp3) is 0.943. The van der Waals surface area contributed by atoms with Gasteiger partial charge in [0, 0.05) is 36.2 Å². The fourth-order valence-corrected chi connectivity index (χ4v) is 45.0. The second-order valence-corrected chi connectivity index (χ2v) is 62.0. The van der Waals surface area contributed by atoms with Gasteiger partial charge >= 0.3 is 0 Å². The summed E-state index contributed by atoms with van der Waals surface area (Å²) in [5.41, 5.74) is 2.85. The number of ketones is 2. The summed E-state index contributed by atoms with van der Waals surface area (Å²) in [5, 5.41) is 79.4. The van der Waals surface area contributed by atoms with Gasteiger partial charge < -0.3 is 40.5 Å². The maximum absolute atomic E-state index is 14.3. The summed E-state index contributed by atoms with van der Waals surface area (Å²) in [6, 6.07) is 0. The van der Waals surface area contributed by atoms with E-state index in [1.807, 2.05) is 0 Å². The van der Waals surface area contributed by atoms with Gasteiger partial charge in [0.25, 0.3) is 0 Å². The van der Waals surface area contributed by atoms with Crippen LogP contribution in [0.5, 0.6) is 0 Å². The number of hydrogen-bond acceptors (Lipinski definition) is 10. The molecule has 750 valence electrons. The normalized spacial score (nSPS) is 56.1. The summed E-state index contributed by atoms with van der Waals surface area (Å²) < 4.78 is 0. The number of carbonyl (C=O) groups is 3. The average Bonchev–Trinajstić information content (AvgIpc) is 0.683. The van der Waals surface area contributed by atoms with Crippen molar-refractivity contribution in [1.29, 1.82) is 0 Å². The molecule has 0 aromatic rings. The van der Waals surface area contributed by atoms with Crippen LogP contribution in [0, 0.1) is 225 Å². The lowest BCUT2D eigenvalue weighted by Gasteiger charge is -2.74. The van der Waals surface area contributed by atoms with Crippen molar-refractivity contribution in [3.63, 3.8) is 0 Å². The van der Waals surface area contributed by atoms with Crippen LogP contribution in [0.25, 0.3) is 0 Å². The molecule has 10 nitrogen and oxygen atoms in total. The quantitative estimate of drug-likeness (QED) is 0.105. The Morgan fingerprint density at radius 3 is 0.985 bits per heavy atom. The summed E-state index contributed by atoms with van der Waals surface area (Å²) in [6.45, 7) is 77.0. The lowest BCUT2D eigenvalue weighted by atomic mass is 9.31. The van der Waals surface area contributed by atoms with Crippen LogP contribution in [0.3, 0.4) is 0 Å². The average molecular weight is 1830 g/mol. The predicted octanol–water partition coefficient (Wildman–Crippen LogP) is 27.8. The van der Waals surface area contributed by atoms with E-state index in [9.17, 15) is 50.1 Å². The second-order valence-electron chi connectivity index (χ2n) is 62.0. The van der Waals surface area contributed by atoms with Crippen LogP contribution in [-0.2, 0) is 14.4 Å². The summed E-state index contributed by atoms with van der Waals surface area (Å²) in [4.78, 5) is 39.8. The maximum Gasteiger partial charge on any atom is 0.138 e. The Morgan fingerprint density at radius 2 is 0.598 bits per heavy atom. The van der Waals surface area contributed by atoms with Crippen LogP contribution in [0.1, 0.15) is 451 Å². The van der Waals surface area contributed by atoms with Crippen LogP contribution in [-0.4, -0.2) is 96.8 Å². The predicted molar refractivity (Wildman–Crippen MR) is 537 cm³/mol. The number of fused-ring (bicyclic) bond motifs is 28. The van der Waals surface area contributed by atoms with Gasteiger partial charge in [-0.2, -0.15) is 0 Å². The zero-order valence-corrected chi connectivity index (χ0v) is 90.2. The molecule has 0 spiro atoms. The number of hydrogen-bond donors (Lipinski definition) is 7. The van der Waals surface area contributed by atoms with Gasteiger partial charge in [0.2, 0.25) is 0 Å². The van der Waals surface area contributed by atoms with Crippen molar-refractivity contribution in [1.82, 2.24) is 0 Å². The molecule has 7 N–H and O–H groups in total. The first-order chi connectivity index (χ1) is 60.7. The molecule has 132 heavy (non-hydrogen) atoms. The highest BCUT2D eigenvalue weighted by atomic mass is 16.3. The van der Waals surface area contributed by atoms with Gasteiger partial charge in [-0.1, -0.05) is 206 Å². The third-order valence-electron chi connectivity index (χ3n) is 54.1. The molecule has 0 bridgehead atoms. The van der Waals surface area contributed by atoms with E-state index in [1.165, 1.54) is 109 Å². The molecule has 0 unspecified atom stereocenters. The molecule has 20 aliphatic carbocycles. The first kappa shape index (κ1) is 102. The van der Waals surface area contributed by atoms with Gasteiger partial charge in [0.1, 0.15) is 17.9 Å². The molecule has 20 aliphatic rings. The molecule has 0 radical (unpaired) electrons. The molecule has 38 atom stereocenters. The van der Waals surface area contributed by atoms with Crippen LogP contribution >= 0.6 is 0 Å². The molecule has 10 heteroatoms. The summed E-state index contributed by atoms with van der Waals surface area (Å²) in [7, 11) is 0. The first-order valence-corrected chi connectivity index (χ1v) is 56.2. The Balaban J connectivity index is 0.000000123. The van der Waals surface area contributed by atoms with Gasteiger partial charge in [-0.05, 0) is 452 Å². The summed E-state index contributed by atoms with van der Waals surface area (Å²) in [5.74, 6) is 7.68. The minimum Gasteiger partial charge on any atom is -0.396 e. The van der Waals surface area contributed by atoms with E-state index >= 15 is 0 Å². The maximum atomic E-state index is 14.3. The Labute approximate surface area is 806 Å². The van der Waals surface area contributed by atoms with Gasteiger partial charge in [-0.15, -0.1) is 13.2 Å². The standard InChI is InChI=1S/C31H52O2.C31H48O2.C30H52O3.C30H50O3/c2*1-9-31-16-14-26(2,3)19-20(31)25-21(32)18-23-28(6)12-11-24(33)27(4,5)22(28)10-13-29(23,7)30(25,8)15-17-31;2*1-25(2)12-14-30(18-31)15-13-29(7)24(19(30)17-25)20(32)16-22-27(5)10-9-23(33)26(3,4)21(27)8-11-28(22,29)6/h9,20-25,32-33H,1,10-19H2,2-8H3;9,20,22-23,25H,1,10-19H2,2-8H3;19-24,31-33H,8-18H2,1-7H3;18-24,32-33H,8-17H2,1-7H3/t20-,21+,22-,23+,24-,25-,28-,29+,30+,31+;20-,22-,23+,25-,28-,29+,30+,31+;2*19-,20+,21-,22+,23-,24-,27-,28+,29+,30+/m0000/s1. The van der Waals surface area contributed by atoms with Gasteiger partial charge in [0.15, 0.2) is 0 Å². The van der Waals surface area contributed by atoms with Crippen molar-refractivity contribution in [3.05, 3.63) is 25.3 Å². The van der Waals surface area contributed by atoms with Crippen molar-refractivity contribution in [2.75, 3.05) is 6.61 Å². The van der Waals surface area contributed by atoms with Crippen LogP contribution < -0.4 is 0 Å². The fourth-order valence-electron chi connectivity index (χ4n) is 45.0. The highest BCUT2D eigenvalue weighted by molar-refractivity contribution is 5.87. The molecule has 0 amide bonds. The monoisotopic (exact) mass is 1830 g/mol. The molecule has 20 rings (SSSR count). The summed E-state index contributed by atoms with van der Waals surface area (Å²) in [6.07, 6.45) is 48.4. The van der Waals surface area contributed by atoms with E-state index in [1.54, 1.807) is 0 Å². The van der Waals surface area contributed by atoms with E-state index < -0.39 is 0 Å². The first-order valence-electron chi connectivity index (χ1n) is 56.2. The Hall–Kier alpha value is -1.79. The molecular formula is C122H202O10. The van der Waals surface area contributed by atoms with Gasteiger partial charge in [0.05, 0.1) is 36.6 Å². The smallest absolute Gasteiger partial charge is 0.138 e. The number of aliphatic hydroxyl groups excluding tert-OH is 7. The van der Waals surface area contributed by atoms with E-state index in [0.29, 0.717) is 124 Å². The Kier molecular flexibility index (Phi) is 24.5. The summed E-state index contributed by atoms with van der Waals surface area (Å²) >= 11 is 0.